The van der Waals surface area contributed by atoms with Gasteiger partial charge in [-0.15, -0.1) is 0 Å². The van der Waals surface area contributed by atoms with Crippen LogP contribution in [0.15, 0.2) is 18.2 Å². The van der Waals surface area contributed by atoms with Crippen molar-refractivity contribution in [3.05, 3.63) is 23.8 Å². The largest absolute Gasteiger partial charge is 0.482 e. The lowest BCUT2D eigenvalue weighted by atomic mass is 9.98. The zero-order chi connectivity index (χ0) is 17.0. The molecule has 23 heavy (non-hydrogen) atoms. The van der Waals surface area contributed by atoms with Crippen LogP contribution in [0.5, 0.6) is 5.75 Å². The van der Waals surface area contributed by atoms with Crippen molar-refractivity contribution in [1.82, 2.24) is 5.32 Å². The van der Waals surface area contributed by atoms with Gasteiger partial charge in [0.25, 0.3) is 11.8 Å². The standard InChI is InChI=1S/C15H18N2O6/c1-15(8-22-2,6-13(19)20)17-14(21)9-3-4-11-10(5-9)16-12(18)7-23-11/h3-5H,6-8H2,1-2H3,(H,16,18)(H,17,21)(H,19,20). The monoisotopic (exact) mass is 322 g/mol. The van der Waals surface area contributed by atoms with Crippen molar-refractivity contribution in [1.29, 1.82) is 0 Å². The molecule has 124 valence electrons. The van der Waals surface area contributed by atoms with Gasteiger partial charge in [0.05, 0.1) is 24.3 Å². The number of carbonyl (C=O) groups is 3. The highest BCUT2D eigenvalue weighted by atomic mass is 16.5. The molecule has 0 saturated heterocycles. The number of nitrogens with one attached hydrogen (secondary N) is 2. The summed E-state index contributed by atoms with van der Waals surface area (Å²) in [6.07, 6.45) is -0.280. The topological polar surface area (TPSA) is 114 Å². The summed E-state index contributed by atoms with van der Waals surface area (Å²) < 4.78 is 10.2. The number of amides is 2. The van der Waals surface area contributed by atoms with E-state index in [9.17, 15) is 14.4 Å². The van der Waals surface area contributed by atoms with Gasteiger partial charge in [-0.1, -0.05) is 0 Å². The maximum atomic E-state index is 12.4. The number of anilines is 1. The number of ether oxygens (including phenoxy) is 2. The molecule has 1 aromatic carbocycles. The quantitative estimate of drug-likeness (QED) is 0.708. The van der Waals surface area contributed by atoms with Gasteiger partial charge < -0.3 is 25.2 Å². The van der Waals surface area contributed by atoms with Crippen LogP contribution in [0.1, 0.15) is 23.7 Å². The molecule has 0 saturated carbocycles. The van der Waals surface area contributed by atoms with E-state index >= 15 is 0 Å². The number of carboxylic acids is 1. The van der Waals surface area contributed by atoms with Crippen LogP contribution in [0.3, 0.4) is 0 Å². The Kier molecular flexibility index (Phi) is 4.85. The van der Waals surface area contributed by atoms with Crippen LogP contribution in [0.25, 0.3) is 0 Å². The molecule has 2 amide bonds. The summed E-state index contributed by atoms with van der Waals surface area (Å²) in [5, 5.41) is 14.2. The minimum Gasteiger partial charge on any atom is -0.482 e. The summed E-state index contributed by atoms with van der Waals surface area (Å²) in [5.74, 6) is -1.33. The molecule has 0 radical (unpaired) electrons. The summed E-state index contributed by atoms with van der Waals surface area (Å²) in [5.41, 5.74) is -0.365. The summed E-state index contributed by atoms with van der Waals surface area (Å²) in [4.78, 5) is 34.7. The highest BCUT2D eigenvalue weighted by Gasteiger charge is 2.30. The van der Waals surface area contributed by atoms with Crippen molar-refractivity contribution in [3.63, 3.8) is 0 Å². The molecule has 1 unspecified atom stereocenters. The third-order valence-electron chi connectivity index (χ3n) is 3.29. The molecular formula is C15H18N2O6. The smallest absolute Gasteiger partial charge is 0.305 e. The van der Waals surface area contributed by atoms with Crippen LogP contribution < -0.4 is 15.4 Å². The molecule has 3 N–H and O–H groups in total. The average Bonchev–Trinajstić information content (AvgIpc) is 2.45. The van der Waals surface area contributed by atoms with E-state index in [1.807, 2.05) is 0 Å². The van der Waals surface area contributed by atoms with Crippen molar-refractivity contribution >= 4 is 23.5 Å². The van der Waals surface area contributed by atoms with Gasteiger partial charge in [-0.3, -0.25) is 14.4 Å². The fraction of sp³-hybridized carbons (Fsp3) is 0.400. The van der Waals surface area contributed by atoms with E-state index < -0.39 is 17.4 Å². The summed E-state index contributed by atoms with van der Waals surface area (Å²) in [6.45, 7) is 1.57. The van der Waals surface area contributed by atoms with E-state index in [0.717, 1.165) is 0 Å². The van der Waals surface area contributed by atoms with Gasteiger partial charge in [0, 0.05) is 12.7 Å². The lowest BCUT2D eigenvalue weighted by molar-refractivity contribution is -0.139. The molecule has 0 spiro atoms. The predicted octanol–water partition coefficient (Wildman–Crippen LogP) is 0.627. The van der Waals surface area contributed by atoms with E-state index in [-0.39, 0.29) is 31.1 Å². The van der Waals surface area contributed by atoms with Crippen LogP contribution in [0.4, 0.5) is 5.69 Å². The lowest BCUT2D eigenvalue weighted by Crippen LogP contribution is -2.50. The van der Waals surface area contributed by atoms with Crippen molar-refractivity contribution < 1.29 is 29.0 Å². The first-order valence-corrected chi connectivity index (χ1v) is 6.93. The van der Waals surface area contributed by atoms with Gasteiger partial charge in [-0.25, -0.2) is 0 Å². The Morgan fingerprint density at radius 2 is 2.22 bits per heavy atom. The Morgan fingerprint density at radius 3 is 2.87 bits per heavy atom. The normalized spacial score (nSPS) is 15.7. The second-order valence-corrected chi connectivity index (χ2v) is 5.57. The molecule has 1 heterocycles. The summed E-state index contributed by atoms with van der Waals surface area (Å²) in [6, 6.07) is 4.60. The number of hydrogen-bond donors (Lipinski definition) is 3. The minimum atomic E-state index is -1.05. The summed E-state index contributed by atoms with van der Waals surface area (Å²) in [7, 11) is 1.43. The van der Waals surface area contributed by atoms with Crippen LogP contribution in [0.2, 0.25) is 0 Å². The molecule has 0 bridgehead atoms. The van der Waals surface area contributed by atoms with Gasteiger partial charge >= 0.3 is 5.97 Å². The number of fused-ring (bicyclic) bond motifs is 1. The maximum absolute atomic E-state index is 12.4. The van der Waals surface area contributed by atoms with Crippen LogP contribution >= 0.6 is 0 Å². The third kappa shape index (κ3) is 4.19. The minimum absolute atomic E-state index is 0.0514. The molecule has 8 heteroatoms. The molecule has 0 aliphatic carbocycles. The maximum Gasteiger partial charge on any atom is 0.305 e. The molecule has 1 atom stereocenters. The van der Waals surface area contributed by atoms with Gasteiger partial charge in [-0.05, 0) is 25.1 Å². The van der Waals surface area contributed by atoms with E-state index in [1.165, 1.54) is 13.2 Å². The number of rotatable bonds is 6. The Labute approximate surface area is 132 Å². The molecule has 1 aliphatic heterocycles. The first-order valence-electron chi connectivity index (χ1n) is 6.93. The molecular weight excluding hydrogens is 304 g/mol. The van der Waals surface area contributed by atoms with Gasteiger partial charge in [0.15, 0.2) is 6.61 Å². The van der Waals surface area contributed by atoms with Crippen molar-refractivity contribution in [2.75, 3.05) is 25.6 Å². The second kappa shape index (κ2) is 6.66. The predicted molar refractivity (Wildman–Crippen MR) is 80.6 cm³/mol. The van der Waals surface area contributed by atoms with Gasteiger partial charge in [0.2, 0.25) is 0 Å². The Morgan fingerprint density at radius 1 is 1.48 bits per heavy atom. The second-order valence-electron chi connectivity index (χ2n) is 5.57. The van der Waals surface area contributed by atoms with Crippen LogP contribution in [0, 0.1) is 0 Å². The number of hydrogen-bond acceptors (Lipinski definition) is 5. The molecule has 0 aromatic heterocycles. The Bertz CT molecular complexity index is 645. The first-order chi connectivity index (χ1) is 10.8. The van der Waals surface area contributed by atoms with Crippen LogP contribution in [-0.2, 0) is 14.3 Å². The number of carbonyl (C=O) groups excluding carboxylic acids is 2. The Balaban J connectivity index is 2.17. The highest BCUT2D eigenvalue weighted by molar-refractivity contribution is 6.00. The zero-order valence-electron chi connectivity index (χ0n) is 12.8. The fourth-order valence-corrected chi connectivity index (χ4v) is 2.35. The summed E-state index contributed by atoms with van der Waals surface area (Å²) >= 11 is 0. The molecule has 2 rings (SSSR count). The average molecular weight is 322 g/mol. The number of carboxylic acid groups (broad SMARTS) is 1. The van der Waals surface area contributed by atoms with Crippen molar-refractivity contribution in [2.24, 2.45) is 0 Å². The molecule has 8 nitrogen and oxygen atoms in total. The van der Waals surface area contributed by atoms with E-state index in [4.69, 9.17) is 14.6 Å². The zero-order valence-corrected chi connectivity index (χ0v) is 12.8. The van der Waals surface area contributed by atoms with E-state index in [2.05, 4.69) is 10.6 Å². The molecule has 0 fully saturated rings. The van der Waals surface area contributed by atoms with E-state index in [1.54, 1.807) is 19.1 Å². The number of methoxy groups -OCH3 is 1. The van der Waals surface area contributed by atoms with Gasteiger partial charge in [0.1, 0.15) is 5.75 Å². The number of benzene rings is 1. The van der Waals surface area contributed by atoms with Crippen molar-refractivity contribution in [3.8, 4) is 5.75 Å². The lowest BCUT2D eigenvalue weighted by Gasteiger charge is -2.28. The first kappa shape index (κ1) is 16.8. The highest BCUT2D eigenvalue weighted by Crippen LogP contribution is 2.28. The fourth-order valence-electron chi connectivity index (χ4n) is 2.35. The van der Waals surface area contributed by atoms with Crippen LogP contribution in [-0.4, -0.2) is 48.8 Å². The van der Waals surface area contributed by atoms with Gasteiger partial charge in [-0.2, -0.15) is 0 Å². The SMILES string of the molecule is COCC(C)(CC(=O)O)NC(=O)c1ccc2c(c1)NC(=O)CO2. The molecule has 1 aromatic rings. The third-order valence-corrected chi connectivity index (χ3v) is 3.29. The molecule has 1 aliphatic rings. The van der Waals surface area contributed by atoms with E-state index in [0.29, 0.717) is 11.4 Å². The van der Waals surface area contributed by atoms with Crippen molar-refractivity contribution in [2.45, 2.75) is 18.9 Å². The Hall–Kier alpha value is -2.61. The number of aliphatic carboxylic acids is 1.